The average molecular weight is 780 g/mol. The Balaban J connectivity index is 1.06. The molecule has 0 bridgehead atoms. The fourth-order valence-corrected chi connectivity index (χ4v) is 8.31. The molecular weight excluding hydrogens is 743 g/mol. The van der Waals surface area contributed by atoms with Gasteiger partial charge in [0, 0.05) is 33.0 Å². The van der Waals surface area contributed by atoms with E-state index in [2.05, 4.69) is 187 Å². The van der Waals surface area contributed by atoms with Crippen LogP contribution in [0.15, 0.2) is 224 Å². The van der Waals surface area contributed by atoms with Gasteiger partial charge in [0.15, 0.2) is 17.5 Å². The molecule has 0 unspecified atom stereocenters. The maximum Gasteiger partial charge on any atom is 0.164 e. The molecule has 0 saturated heterocycles. The molecule has 2 heterocycles. The Morgan fingerprint density at radius 3 is 1.26 bits per heavy atom. The second kappa shape index (κ2) is 15.5. The molecule has 0 aliphatic heterocycles. The van der Waals surface area contributed by atoms with E-state index in [1.54, 1.807) is 0 Å². The number of nitrogens with zero attached hydrogens (tertiary/aromatic N) is 5. The van der Waals surface area contributed by atoms with Gasteiger partial charge < -0.3 is 0 Å². The van der Waals surface area contributed by atoms with Crippen LogP contribution in [0.25, 0.3) is 106 Å². The summed E-state index contributed by atoms with van der Waals surface area (Å²) in [6.07, 6.45) is 0. The van der Waals surface area contributed by atoms with E-state index in [9.17, 15) is 0 Å². The summed E-state index contributed by atoms with van der Waals surface area (Å²) in [6, 6.07) is 78.1. The van der Waals surface area contributed by atoms with Gasteiger partial charge in [0.2, 0.25) is 0 Å². The predicted octanol–water partition coefficient (Wildman–Crippen LogP) is 14.0. The van der Waals surface area contributed by atoms with Crippen LogP contribution >= 0.6 is 0 Å². The monoisotopic (exact) mass is 779 g/mol. The van der Waals surface area contributed by atoms with Crippen LogP contribution in [0.2, 0.25) is 0 Å². The summed E-state index contributed by atoms with van der Waals surface area (Å²) in [5.41, 5.74) is 13.7. The first-order valence-corrected chi connectivity index (χ1v) is 20.5. The Morgan fingerprint density at radius 1 is 0.295 bits per heavy atom. The fourth-order valence-electron chi connectivity index (χ4n) is 8.31. The molecule has 0 fully saturated rings. The normalized spacial score (nSPS) is 11.3. The summed E-state index contributed by atoms with van der Waals surface area (Å²) in [4.78, 5) is 15.1. The van der Waals surface area contributed by atoms with E-state index in [-0.39, 0.29) is 0 Å². The van der Waals surface area contributed by atoms with Crippen molar-refractivity contribution in [3.05, 3.63) is 224 Å². The summed E-state index contributed by atoms with van der Waals surface area (Å²) in [5, 5.41) is 8.78. The Morgan fingerprint density at radius 2 is 0.705 bits per heavy atom. The lowest BCUT2D eigenvalue weighted by Crippen LogP contribution is -2.00. The van der Waals surface area contributed by atoms with E-state index in [1.165, 1.54) is 5.56 Å². The second-order valence-electron chi connectivity index (χ2n) is 15.1. The van der Waals surface area contributed by atoms with E-state index >= 15 is 0 Å². The van der Waals surface area contributed by atoms with E-state index in [1.807, 2.05) is 42.5 Å². The van der Waals surface area contributed by atoms with Crippen LogP contribution in [0.4, 0.5) is 0 Å². The van der Waals surface area contributed by atoms with Gasteiger partial charge in [-0.1, -0.05) is 206 Å². The Labute approximate surface area is 354 Å². The highest BCUT2D eigenvalue weighted by Gasteiger charge is 2.22. The molecule has 11 rings (SSSR count). The molecule has 9 aromatic carbocycles. The van der Waals surface area contributed by atoms with Gasteiger partial charge in [0.05, 0.1) is 11.2 Å². The average Bonchev–Trinajstić information content (AvgIpc) is 3.76. The number of rotatable bonds is 8. The molecule has 0 N–H and O–H groups in total. The van der Waals surface area contributed by atoms with Crippen LogP contribution in [-0.2, 0) is 0 Å². The minimum Gasteiger partial charge on any atom is -0.232 e. The number of fused-ring (bicyclic) bond motifs is 3. The minimum absolute atomic E-state index is 0.619. The largest absolute Gasteiger partial charge is 0.232 e. The van der Waals surface area contributed by atoms with Gasteiger partial charge in [-0.15, -0.1) is 0 Å². The Hall–Kier alpha value is -8.28. The molecule has 0 radical (unpaired) electrons. The molecule has 0 saturated carbocycles. The lowest BCUT2D eigenvalue weighted by molar-refractivity contribution is 0.918. The lowest BCUT2D eigenvalue weighted by atomic mass is 9.90. The van der Waals surface area contributed by atoms with Gasteiger partial charge in [-0.05, 0) is 57.0 Å². The minimum atomic E-state index is 0.619. The molecule has 0 aliphatic rings. The molecule has 0 atom stereocenters. The molecule has 5 heteroatoms. The lowest BCUT2D eigenvalue weighted by Gasteiger charge is -2.14. The first kappa shape index (κ1) is 35.8. The van der Waals surface area contributed by atoms with E-state index < -0.39 is 0 Å². The number of hydrogen-bond donors (Lipinski definition) is 0. The van der Waals surface area contributed by atoms with Crippen molar-refractivity contribution < 1.29 is 0 Å². The van der Waals surface area contributed by atoms with E-state index in [4.69, 9.17) is 20.1 Å². The first-order valence-electron chi connectivity index (χ1n) is 20.5. The number of para-hydroxylation sites is 1. The standard InChI is InChI=1S/C56H37N5/c1-6-17-38(18-7-1)39-29-33-44(34-30-39)55-57-54(43-23-12-4-13-24-43)58-56(59-55)45-35-31-41(32-36-45)47-27-16-28-48-50(47)37-49(40-19-8-2-9-20-40)51-52(42-21-10-3-11-22-42)60-61(53(48)51)46-25-14-5-15-26-46/h1-37H. The van der Waals surface area contributed by atoms with Crippen LogP contribution < -0.4 is 0 Å². The van der Waals surface area contributed by atoms with Crippen molar-refractivity contribution in [2.24, 2.45) is 0 Å². The van der Waals surface area contributed by atoms with Crippen molar-refractivity contribution in [3.8, 4) is 84.5 Å². The van der Waals surface area contributed by atoms with Gasteiger partial charge in [-0.25, -0.2) is 19.6 Å². The van der Waals surface area contributed by atoms with Crippen LogP contribution in [0.5, 0.6) is 0 Å². The highest BCUT2D eigenvalue weighted by molar-refractivity contribution is 6.19. The summed E-state index contributed by atoms with van der Waals surface area (Å²) in [7, 11) is 0. The summed E-state index contributed by atoms with van der Waals surface area (Å²) < 4.78 is 2.12. The molecule has 0 aliphatic carbocycles. The number of aromatic nitrogens is 5. The van der Waals surface area contributed by atoms with E-state index in [0.717, 1.165) is 83.1 Å². The third kappa shape index (κ3) is 6.74. The Kier molecular flexibility index (Phi) is 9.10. The van der Waals surface area contributed by atoms with Gasteiger partial charge in [0.1, 0.15) is 5.69 Å². The van der Waals surface area contributed by atoms with Crippen molar-refractivity contribution in [1.29, 1.82) is 0 Å². The zero-order chi connectivity index (χ0) is 40.5. The van der Waals surface area contributed by atoms with Crippen LogP contribution in [0.1, 0.15) is 0 Å². The van der Waals surface area contributed by atoms with Crippen molar-refractivity contribution in [1.82, 2.24) is 24.7 Å². The smallest absolute Gasteiger partial charge is 0.164 e. The molecular formula is C56H37N5. The molecule has 61 heavy (non-hydrogen) atoms. The third-order valence-corrected chi connectivity index (χ3v) is 11.3. The van der Waals surface area contributed by atoms with Crippen molar-refractivity contribution in [2.45, 2.75) is 0 Å². The van der Waals surface area contributed by atoms with Gasteiger partial charge in [0.25, 0.3) is 0 Å². The van der Waals surface area contributed by atoms with Gasteiger partial charge >= 0.3 is 0 Å². The second-order valence-corrected chi connectivity index (χ2v) is 15.1. The molecule has 5 nitrogen and oxygen atoms in total. The number of hydrogen-bond acceptors (Lipinski definition) is 4. The highest BCUT2D eigenvalue weighted by Crippen LogP contribution is 2.44. The fraction of sp³-hybridized carbons (Fsp3) is 0. The van der Waals surface area contributed by atoms with Crippen molar-refractivity contribution >= 4 is 21.7 Å². The molecule has 11 aromatic rings. The predicted molar refractivity (Wildman–Crippen MR) is 250 cm³/mol. The zero-order valence-electron chi connectivity index (χ0n) is 33.1. The molecule has 0 spiro atoms. The topological polar surface area (TPSA) is 56.5 Å². The summed E-state index contributed by atoms with van der Waals surface area (Å²) in [6.45, 7) is 0. The van der Waals surface area contributed by atoms with Gasteiger partial charge in [-0.3, -0.25) is 0 Å². The molecule has 2 aromatic heterocycles. The number of benzene rings is 9. The SMILES string of the molecule is c1ccc(-c2ccc(-c3nc(-c4ccccc4)nc(-c4ccc(-c5cccc6c5cc(-c5ccccc5)c5c(-c7ccccc7)nn(-c7ccccc7)c56)cc4)n3)cc2)cc1. The van der Waals surface area contributed by atoms with Crippen molar-refractivity contribution in [2.75, 3.05) is 0 Å². The third-order valence-electron chi connectivity index (χ3n) is 11.3. The highest BCUT2D eigenvalue weighted by atomic mass is 15.3. The summed E-state index contributed by atoms with van der Waals surface area (Å²) in [5.74, 6) is 1.88. The molecule has 0 amide bonds. The van der Waals surface area contributed by atoms with Crippen LogP contribution in [0, 0.1) is 0 Å². The van der Waals surface area contributed by atoms with E-state index in [0.29, 0.717) is 17.5 Å². The zero-order valence-corrected chi connectivity index (χ0v) is 33.1. The van der Waals surface area contributed by atoms with Crippen molar-refractivity contribution in [3.63, 3.8) is 0 Å². The first-order chi connectivity index (χ1) is 30.2. The summed E-state index contributed by atoms with van der Waals surface area (Å²) >= 11 is 0. The maximum absolute atomic E-state index is 5.39. The van der Waals surface area contributed by atoms with Crippen LogP contribution in [0.3, 0.4) is 0 Å². The maximum atomic E-state index is 5.39. The Bertz CT molecular complexity index is 3290. The molecule has 286 valence electrons. The van der Waals surface area contributed by atoms with Crippen LogP contribution in [-0.4, -0.2) is 24.7 Å². The quantitative estimate of drug-likeness (QED) is 0.154. The van der Waals surface area contributed by atoms with Gasteiger partial charge in [-0.2, -0.15) is 5.10 Å².